The van der Waals surface area contributed by atoms with E-state index in [1.165, 1.54) is 11.1 Å². The standard InChI is InChI=1S/C24H26N2O4/c1-14(2)17-11-18-16(13-29-21(18)9-15(17)3)10-23(27)26-12-22(24(28)25-4)30-20-8-6-5-7-19(20)26/h5-9,11,13-14,22H,10,12H2,1-4H3,(H,25,28). The second kappa shape index (κ2) is 7.86. The van der Waals surface area contributed by atoms with E-state index in [-0.39, 0.29) is 24.8 Å². The number of aryl methyl sites for hydroxylation is 1. The highest BCUT2D eigenvalue weighted by molar-refractivity contribution is 6.00. The topological polar surface area (TPSA) is 71.8 Å². The van der Waals surface area contributed by atoms with Crippen LogP contribution in [0.15, 0.2) is 47.1 Å². The fraction of sp³-hybridized carbons (Fsp3) is 0.333. The molecule has 1 unspecified atom stereocenters. The fourth-order valence-electron chi connectivity index (χ4n) is 4.03. The van der Waals surface area contributed by atoms with Crippen LogP contribution in [-0.2, 0) is 16.0 Å². The van der Waals surface area contributed by atoms with Crippen LogP contribution < -0.4 is 15.0 Å². The molecule has 0 saturated heterocycles. The summed E-state index contributed by atoms with van der Waals surface area (Å²) in [5.41, 5.74) is 4.73. The maximum atomic E-state index is 13.3. The Balaban J connectivity index is 1.66. The first kappa shape index (κ1) is 20.0. The molecule has 0 bridgehead atoms. The van der Waals surface area contributed by atoms with Crippen LogP contribution in [0.3, 0.4) is 0 Å². The van der Waals surface area contributed by atoms with Gasteiger partial charge in [-0.25, -0.2) is 0 Å². The molecule has 4 rings (SSSR count). The lowest BCUT2D eigenvalue weighted by molar-refractivity contribution is -0.127. The van der Waals surface area contributed by atoms with Crippen molar-refractivity contribution in [1.29, 1.82) is 0 Å². The van der Waals surface area contributed by atoms with Gasteiger partial charge in [0.2, 0.25) is 5.91 Å². The number of nitrogens with zero attached hydrogens (tertiary/aromatic N) is 1. The fourth-order valence-corrected chi connectivity index (χ4v) is 4.03. The summed E-state index contributed by atoms with van der Waals surface area (Å²) in [6.45, 7) is 6.55. The van der Waals surface area contributed by atoms with E-state index in [4.69, 9.17) is 9.15 Å². The predicted octanol–water partition coefficient (Wildman–Crippen LogP) is 3.95. The molecule has 1 atom stereocenters. The minimum atomic E-state index is -0.745. The van der Waals surface area contributed by atoms with Crippen LogP contribution in [0.5, 0.6) is 5.75 Å². The summed E-state index contributed by atoms with van der Waals surface area (Å²) in [7, 11) is 1.56. The van der Waals surface area contributed by atoms with Crippen molar-refractivity contribution in [2.45, 2.75) is 39.2 Å². The molecule has 3 aromatic rings. The van der Waals surface area contributed by atoms with Gasteiger partial charge < -0.3 is 19.4 Å². The quantitative estimate of drug-likeness (QED) is 0.712. The van der Waals surface area contributed by atoms with Gasteiger partial charge in [0.05, 0.1) is 24.9 Å². The van der Waals surface area contributed by atoms with Crippen LogP contribution in [0, 0.1) is 6.92 Å². The molecule has 1 aliphatic rings. The van der Waals surface area contributed by atoms with Crippen LogP contribution >= 0.6 is 0 Å². The van der Waals surface area contributed by atoms with Crippen LogP contribution in [0.4, 0.5) is 5.69 Å². The molecular formula is C24H26N2O4. The van der Waals surface area contributed by atoms with E-state index >= 15 is 0 Å². The SMILES string of the molecule is CNC(=O)C1CN(C(=O)Cc2coc3cc(C)c(C(C)C)cc23)c2ccccc2O1. The van der Waals surface area contributed by atoms with E-state index in [0.717, 1.165) is 16.5 Å². The van der Waals surface area contributed by atoms with E-state index in [0.29, 0.717) is 17.4 Å². The Kier molecular flexibility index (Phi) is 5.24. The van der Waals surface area contributed by atoms with E-state index in [1.54, 1.807) is 24.3 Å². The highest BCUT2D eigenvalue weighted by Crippen LogP contribution is 2.34. The monoisotopic (exact) mass is 406 g/mol. The maximum absolute atomic E-state index is 13.3. The highest BCUT2D eigenvalue weighted by atomic mass is 16.5. The molecule has 156 valence electrons. The first-order valence-electron chi connectivity index (χ1n) is 10.2. The average Bonchev–Trinajstić information content (AvgIpc) is 3.12. The number of carbonyl (C=O) groups is 2. The van der Waals surface area contributed by atoms with Crippen molar-refractivity contribution in [3.05, 3.63) is 59.4 Å². The van der Waals surface area contributed by atoms with Crippen LogP contribution in [-0.4, -0.2) is 31.5 Å². The molecular weight excluding hydrogens is 380 g/mol. The molecule has 6 nitrogen and oxygen atoms in total. The maximum Gasteiger partial charge on any atom is 0.262 e. The number of hydrogen-bond acceptors (Lipinski definition) is 4. The molecule has 1 aliphatic heterocycles. The number of rotatable bonds is 4. The van der Waals surface area contributed by atoms with E-state index in [9.17, 15) is 9.59 Å². The van der Waals surface area contributed by atoms with Gasteiger partial charge in [0.15, 0.2) is 6.10 Å². The van der Waals surface area contributed by atoms with Gasteiger partial charge in [0.25, 0.3) is 5.91 Å². The molecule has 1 N–H and O–H groups in total. The summed E-state index contributed by atoms with van der Waals surface area (Å²) in [5, 5.41) is 3.56. The van der Waals surface area contributed by atoms with Crippen molar-refractivity contribution in [1.82, 2.24) is 5.32 Å². The van der Waals surface area contributed by atoms with Gasteiger partial charge in [-0.05, 0) is 48.2 Å². The number of ether oxygens (including phenoxy) is 1. The molecule has 2 amide bonds. The summed E-state index contributed by atoms with van der Waals surface area (Å²) in [4.78, 5) is 27.1. The number of para-hydroxylation sites is 2. The normalized spacial score (nSPS) is 15.8. The van der Waals surface area contributed by atoms with Gasteiger partial charge in [-0.1, -0.05) is 26.0 Å². The molecule has 0 spiro atoms. The van der Waals surface area contributed by atoms with Gasteiger partial charge in [-0.15, -0.1) is 0 Å². The minimum Gasteiger partial charge on any atom is -0.477 e. The Morgan fingerprint density at radius 3 is 2.73 bits per heavy atom. The van der Waals surface area contributed by atoms with Gasteiger partial charge in [0.1, 0.15) is 11.3 Å². The van der Waals surface area contributed by atoms with Crippen molar-refractivity contribution < 1.29 is 18.7 Å². The van der Waals surface area contributed by atoms with Gasteiger partial charge in [-0.2, -0.15) is 0 Å². The molecule has 0 radical (unpaired) electrons. The molecule has 2 aromatic carbocycles. The molecule has 2 heterocycles. The number of nitrogens with one attached hydrogen (secondary N) is 1. The van der Waals surface area contributed by atoms with Crippen LogP contribution in [0.1, 0.15) is 36.5 Å². The molecule has 0 saturated carbocycles. The summed E-state index contributed by atoms with van der Waals surface area (Å²) < 4.78 is 11.5. The molecule has 0 fully saturated rings. The van der Waals surface area contributed by atoms with Crippen molar-refractivity contribution in [3.8, 4) is 5.75 Å². The smallest absolute Gasteiger partial charge is 0.262 e. The van der Waals surface area contributed by atoms with Crippen molar-refractivity contribution in [3.63, 3.8) is 0 Å². The molecule has 0 aliphatic carbocycles. The number of benzene rings is 2. The van der Waals surface area contributed by atoms with E-state index < -0.39 is 6.10 Å². The first-order chi connectivity index (χ1) is 14.4. The van der Waals surface area contributed by atoms with Crippen LogP contribution in [0.25, 0.3) is 11.0 Å². The Morgan fingerprint density at radius 2 is 2.00 bits per heavy atom. The summed E-state index contributed by atoms with van der Waals surface area (Å²) in [6.07, 6.45) is 1.10. The lowest BCUT2D eigenvalue weighted by Crippen LogP contribution is -2.50. The number of anilines is 1. The van der Waals surface area contributed by atoms with Crippen molar-refractivity contribution in [2.75, 3.05) is 18.5 Å². The Hall–Kier alpha value is -3.28. The zero-order valence-electron chi connectivity index (χ0n) is 17.7. The highest BCUT2D eigenvalue weighted by Gasteiger charge is 2.33. The third-order valence-electron chi connectivity index (χ3n) is 5.62. The number of hydrogen-bond donors (Lipinski definition) is 1. The number of amides is 2. The molecule has 6 heteroatoms. The number of likely N-dealkylation sites (N-methyl/N-ethyl adjacent to an activating group) is 1. The second-order valence-corrected chi connectivity index (χ2v) is 7.99. The lowest BCUT2D eigenvalue weighted by atomic mass is 9.95. The Labute approximate surface area is 175 Å². The van der Waals surface area contributed by atoms with E-state index in [1.807, 2.05) is 24.3 Å². The van der Waals surface area contributed by atoms with Crippen LogP contribution in [0.2, 0.25) is 0 Å². The molecule has 1 aromatic heterocycles. The molecule has 30 heavy (non-hydrogen) atoms. The number of carbonyl (C=O) groups excluding carboxylic acids is 2. The van der Waals surface area contributed by atoms with Gasteiger partial charge >= 0.3 is 0 Å². The largest absolute Gasteiger partial charge is 0.477 e. The minimum absolute atomic E-state index is 0.103. The van der Waals surface area contributed by atoms with Gasteiger partial charge in [-0.3, -0.25) is 9.59 Å². The Bertz CT molecular complexity index is 1120. The third kappa shape index (κ3) is 3.54. The van der Waals surface area contributed by atoms with Gasteiger partial charge in [0, 0.05) is 18.0 Å². The van der Waals surface area contributed by atoms with Crippen molar-refractivity contribution in [2.24, 2.45) is 0 Å². The lowest BCUT2D eigenvalue weighted by Gasteiger charge is -2.34. The summed E-state index contributed by atoms with van der Waals surface area (Å²) in [6, 6.07) is 11.4. The predicted molar refractivity (Wildman–Crippen MR) is 116 cm³/mol. The van der Waals surface area contributed by atoms with Crippen molar-refractivity contribution >= 4 is 28.5 Å². The third-order valence-corrected chi connectivity index (χ3v) is 5.62. The summed E-state index contributed by atoms with van der Waals surface area (Å²) in [5.74, 6) is 0.551. The average molecular weight is 406 g/mol. The van der Waals surface area contributed by atoms with E-state index in [2.05, 4.69) is 32.2 Å². The second-order valence-electron chi connectivity index (χ2n) is 7.99. The Morgan fingerprint density at radius 1 is 1.23 bits per heavy atom. The number of furan rings is 1. The zero-order chi connectivity index (χ0) is 21.4. The zero-order valence-corrected chi connectivity index (χ0v) is 17.7. The first-order valence-corrected chi connectivity index (χ1v) is 10.2. The number of fused-ring (bicyclic) bond motifs is 2. The summed E-state index contributed by atoms with van der Waals surface area (Å²) >= 11 is 0.